The van der Waals surface area contributed by atoms with E-state index < -0.39 is 0 Å². The van der Waals surface area contributed by atoms with Gasteiger partial charge < -0.3 is 10.3 Å². The summed E-state index contributed by atoms with van der Waals surface area (Å²) >= 11 is 0. The van der Waals surface area contributed by atoms with Crippen LogP contribution >= 0.6 is 0 Å². The minimum Gasteiger partial charge on any atom is -0.345 e. The van der Waals surface area contributed by atoms with Gasteiger partial charge >= 0.3 is 0 Å². The first-order chi connectivity index (χ1) is 4.93. The van der Waals surface area contributed by atoms with Crippen molar-refractivity contribution in [2.24, 2.45) is 0 Å². The summed E-state index contributed by atoms with van der Waals surface area (Å²) in [6.45, 7) is 0.876. The number of imidazole rings is 1. The Morgan fingerprint density at radius 2 is 2.70 bits per heavy atom. The fourth-order valence-electron chi connectivity index (χ4n) is 0.657. The molecule has 0 saturated heterocycles. The number of aromatic nitrogens is 2. The standard InChI is InChI=1S/C7H11N3/c1-8-4-2-3-7-9-5-6-10-7/h2-3,5-6,8H,4H2,1H3,(H,9,10). The van der Waals surface area contributed by atoms with Gasteiger partial charge in [-0.1, -0.05) is 6.08 Å². The van der Waals surface area contributed by atoms with Crippen molar-refractivity contribution < 1.29 is 0 Å². The van der Waals surface area contributed by atoms with Gasteiger partial charge in [-0.3, -0.25) is 0 Å². The molecule has 1 rings (SSSR count). The van der Waals surface area contributed by atoms with Crippen molar-refractivity contribution in [3.05, 3.63) is 24.3 Å². The fraction of sp³-hybridized carbons (Fsp3) is 0.286. The Morgan fingerprint density at radius 1 is 1.80 bits per heavy atom. The maximum atomic E-state index is 4.02. The van der Waals surface area contributed by atoms with Crippen LogP contribution < -0.4 is 5.32 Å². The Bertz CT molecular complexity index is 189. The first-order valence-electron chi connectivity index (χ1n) is 3.24. The minimum atomic E-state index is 0.876. The zero-order chi connectivity index (χ0) is 7.23. The van der Waals surface area contributed by atoms with Gasteiger partial charge in [-0.25, -0.2) is 4.98 Å². The molecule has 0 aliphatic carbocycles. The van der Waals surface area contributed by atoms with Crippen LogP contribution in [0.15, 0.2) is 18.5 Å². The van der Waals surface area contributed by atoms with Crippen molar-refractivity contribution in [3.8, 4) is 0 Å². The van der Waals surface area contributed by atoms with E-state index in [1.165, 1.54) is 0 Å². The van der Waals surface area contributed by atoms with Crippen molar-refractivity contribution in [1.29, 1.82) is 0 Å². The van der Waals surface area contributed by atoms with E-state index in [9.17, 15) is 0 Å². The average Bonchev–Trinajstić information content (AvgIpc) is 2.41. The van der Waals surface area contributed by atoms with E-state index in [-0.39, 0.29) is 0 Å². The number of hydrogen-bond acceptors (Lipinski definition) is 2. The molecule has 10 heavy (non-hydrogen) atoms. The Labute approximate surface area is 60.2 Å². The SMILES string of the molecule is CNCC=Cc1ncc[nH]1. The summed E-state index contributed by atoms with van der Waals surface area (Å²) in [7, 11) is 1.91. The number of rotatable bonds is 3. The lowest BCUT2D eigenvalue weighted by Crippen LogP contribution is -2.03. The molecule has 54 valence electrons. The van der Waals surface area contributed by atoms with Crippen LogP contribution in [0.5, 0.6) is 0 Å². The lowest BCUT2D eigenvalue weighted by atomic mass is 10.5. The number of H-pyrrole nitrogens is 1. The largest absolute Gasteiger partial charge is 0.345 e. The maximum Gasteiger partial charge on any atom is 0.129 e. The molecule has 0 unspecified atom stereocenters. The quantitative estimate of drug-likeness (QED) is 0.642. The molecule has 3 heteroatoms. The summed E-state index contributed by atoms with van der Waals surface area (Å²) in [5, 5.41) is 3.00. The van der Waals surface area contributed by atoms with E-state index in [1.54, 1.807) is 12.4 Å². The van der Waals surface area contributed by atoms with Gasteiger partial charge in [0, 0.05) is 18.9 Å². The number of aromatic amines is 1. The van der Waals surface area contributed by atoms with Gasteiger partial charge in [0.15, 0.2) is 0 Å². The Morgan fingerprint density at radius 3 is 3.30 bits per heavy atom. The first kappa shape index (κ1) is 7.02. The van der Waals surface area contributed by atoms with Crippen molar-refractivity contribution in [2.45, 2.75) is 0 Å². The third-order valence-electron chi connectivity index (χ3n) is 1.12. The number of nitrogens with zero attached hydrogens (tertiary/aromatic N) is 1. The van der Waals surface area contributed by atoms with Gasteiger partial charge in [-0.05, 0) is 13.1 Å². The summed E-state index contributed by atoms with van der Waals surface area (Å²) in [6, 6.07) is 0. The molecule has 0 aromatic carbocycles. The summed E-state index contributed by atoms with van der Waals surface area (Å²) in [4.78, 5) is 6.99. The third-order valence-corrected chi connectivity index (χ3v) is 1.12. The number of hydrogen-bond donors (Lipinski definition) is 2. The van der Waals surface area contributed by atoms with E-state index >= 15 is 0 Å². The van der Waals surface area contributed by atoms with Crippen LogP contribution in [-0.4, -0.2) is 23.6 Å². The molecule has 2 N–H and O–H groups in total. The zero-order valence-corrected chi connectivity index (χ0v) is 5.96. The van der Waals surface area contributed by atoms with Gasteiger partial charge in [-0.2, -0.15) is 0 Å². The highest BCUT2D eigenvalue weighted by Crippen LogP contribution is 1.89. The van der Waals surface area contributed by atoms with E-state index in [0.717, 1.165) is 12.4 Å². The second-order valence-electron chi connectivity index (χ2n) is 1.93. The first-order valence-corrected chi connectivity index (χ1v) is 3.24. The molecule has 1 aromatic rings. The van der Waals surface area contributed by atoms with Crippen LogP contribution in [0.4, 0.5) is 0 Å². The molecule has 0 atom stereocenters. The predicted molar refractivity (Wildman–Crippen MR) is 41.5 cm³/mol. The Kier molecular flexibility index (Phi) is 2.70. The molecule has 0 fully saturated rings. The molecule has 0 aliphatic rings. The maximum absolute atomic E-state index is 4.02. The predicted octanol–water partition coefficient (Wildman–Crippen LogP) is 0.642. The van der Waals surface area contributed by atoms with E-state index in [0.29, 0.717) is 0 Å². The van der Waals surface area contributed by atoms with E-state index in [1.807, 2.05) is 19.2 Å². The van der Waals surface area contributed by atoms with Crippen molar-refractivity contribution >= 4 is 6.08 Å². The van der Waals surface area contributed by atoms with E-state index in [4.69, 9.17) is 0 Å². The summed E-state index contributed by atoms with van der Waals surface area (Å²) < 4.78 is 0. The molecule has 0 spiro atoms. The molecule has 1 heterocycles. The Hall–Kier alpha value is -1.09. The second-order valence-corrected chi connectivity index (χ2v) is 1.93. The lowest BCUT2D eigenvalue weighted by molar-refractivity contribution is 0.921. The van der Waals surface area contributed by atoms with Crippen LogP contribution in [0.1, 0.15) is 5.82 Å². The van der Waals surface area contributed by atoms with Crippen molar-refractivity contribution in [1.82, 2.24) is 15.3 Å². The summed E-state index contributed by atoms with van der Waals surface area (Å²) in [6.07, 6.45) is 7.49. The molecular weight excluding hydrogens is 126 g/mol. The highest BCUT2D eigenvalue weighted by atomic mass is 14.9. The summed E-state index contributed by atoms with van der Waals surface area (Å²) in [5.74, 6) is 0.898. The molecule has 1 aromatic heterocycles. The monoisotopic (exact) mass is 137 g/mol. The topological polar surface area (TPSA) is 40.7 Å². The molecule has 0 bridgehead atoms. The average molecular weight is 137 g/mol. The van der Waals surface area contributed by atoms with Gasteiger partial charge in [0.1, 0.15) is 5.82 Å². The molecular formula is C7H11N3. The van der Waals surface area contributed by atoms with Crippen LogP contribution in [0.2, 0.25) is 0 Å². The Balaban J connectivity index is 2.40. The van der Waals surface area contributed by atoms with Gasteiger partial charge in [0.05, 0.1) is 0 Å². The smallest absolute Gasteiger partial charge is 0.129 e. The lowest BCUT2D eigenvalue weighted by Gasteiger charge is -1.85. The number of likely N-dealkylation sites (N-methyl/N-ethyl adjacent to an activating group) is 1. The fourth-order valence-corrected chi connectivity index (χ4v) is 0.657. The molecule has 0 saturated carbocycles. The normalized spacial score (nSPS) is 10.9. The van der Waals surface area contributed by atoms with Crippen LogP contribution in [-0.2, 0) is 0 Å². The van der Waals surface area contributed by atoms with Gasteiger partial charge in [0.25, 0.3) is 0 Å². The van der Waals surface area contributed by atoms with Gasteiger partial charge in [-0.15, -0.1) is 0 Å². The zero-order valence-electron chi connectivity index (χ0n) is 5.96. The second kappa shape index (κ2) is 3.85. The van der Waals surface area contributed by atoms with E-state index in [2.05, 4.69) is 15.3 Å². The van der Waals surface area contributed by atoms with Gasteiger partial charge in [0.2, 0.25) is 0 Å². The highest BCUT2D eigenvalue weighted by Gasteiger charge is 1.82. The highest BCUT2D eigenvalue weighted by molar-refractivity contribution is 5.39. The van der Waals surface area contributed by atoms with Crippen molar-refractivity contribution in [2.75, 3.05) is 13.6 Å². The molecule has 0 amide bonds. The van der Waals surface area contributed by atoms with Crippen LogP contribution in [0, 0.1) is 0 Å². The van der Waals surface area contributed by atoms with Crippen LogP contribution in [0.25, 0.3) is 6.08 Å². The third kappa shape index (κ3) is 2.03. The summed E-state index contributed by atoms with van der Waals surface area (Å²) in [5.41, 5.74) is 0. The molecule has 0 radical (unpaired) electrons. The minimum absolute atomic E-state index is 0.876. The molecule has 0 aliphatic heterocycles. The van der Waals surface area contributed by atoms with Crippen molar-refractivity contribution in [3.63, 3.8) is 0 Å². The van der Waals surface area contributed by atoms with Crippen LogP contribution in [0.3, 0.4) is 0 Å². The number of nitrogens with one attached hydrogen (secondary N) is 2. The molecule has 3 nitrogen and oxygen atoms in total.